The Labute approximate surface area is 206 Å². The number of likely N-dealkylation sites (tertiary alicyclic amines) is 1. The lowest BCUT2D eigenvalue weighted by Gasteiger charge is -2.41. The molecule has 1 heterocycles. The lowest BCUT2D eigenvalue weighted by Crippen LogP contribution is -2.53. The summed E-state index contributed by atoms with van der Waals surface area (Å²) in [7, 11) is 0. The third-order valence-electron chi connectivity index (χ3n) is 6.79. The van der Waals surface area contributed by atoms with Crippen LogP contribution in [0.15, 0.2) is 84.9 Å². The predicted molar refractivity (Wildman–Crippen MR) is 137 cm³/mol. The van der Waals surface area contributed by atoms with Crippen molar-refractivity contribution in [2.24, 2.45) is 0 Å². The van der Waals surface area contributed by atoms with Crippen LogP contribution in [0.3, 0.4) is 0 Å². The molecule has 0 atom stereocenters. The summed E-state index contributed by atoms with van der Waals surface area (Å²) in [4.78, 5) is 28.3. The molecule has 3 aromatic carbocycles. The quantitative estimate of drug-likeness (QED) is 0.488. The van der Waals surface area contributed by atoms with Crippen LogP contribution in [0, 0.1) is 0 Å². The average molecular weight is 475 g/mol. The summed E-state index contributed by atoms with van der Waals surface area (Å²) in [6, 6.07) is 27.8. The zero-order valence-corrected chi connectivity index (χ0v) is 20.1. The highest BCUT2D eigenvalue weighted by atomic mass is 35.5. The van der Waals surface area contributed by atoms with Crippen LogP contribution in [0.1, 0.15) is 36.0 Å². The molecule has 0 aliphatic carbocycles. The van der Waals surface area contributed by atoms with E-state index >= 15 is 0 Å². The summed E-state index contributed by atoms with van der Waals surface area (Å²) in [5, 5.41) is 3.87. The Kier molecular flexibility index (Phi) is 8.02. The minimum absolute atomic E-state index is 0.0390. The molecule has 3 aromatic rings. The number of nitrogens with one attached hydrogen (secondary N) is 1. The zero-order valence-electron chi connectivity index (χ0n) is 19.4. The van der Waals surface area contributed by atoms with Crippen molar-refractivity contribution in [3.05, 3.63) is 107 Å². The lowest BCUT2D eigenvalue weighted by molar-refractivity contribution is -0.136. The monoisotopic (exact) mass is 474 g/mol. The molecule has 4 nitrogen and oxygen atoms in total. The maximum atomic E-state index is 13.5. The van der Waals surface area contributed by atoms with Gasteiger partial charge < -0.3 is 10.2 Å². The summed E-state index contributed by atoms with van der Waals surface area (Å²) in [6.45, 7) is 1.72. The van der Waals surface area contributed by atoms with Gasteiger partial charge in [-0.1, -0.05) is 84.4 Å². The van der Waals surface area contributed by atoms with E-state index in [0.717, 1.165) is 24.0 Å². The van der Waals surface area contributed by atoms with Gasteiger partial charge in [0.1, 0.15) is 0 Å². The van der Waals surface area contributed by atoms with Gasteiger partial charge in [0.05, 0.1) is 5.41 Å². The zero-order chi connectivity index (χ0) is 23.8. The van der Waals surface area contributed by atoms with Gasteiger partial charge in [0.2, 0.25) is 11.8 Å². The smallest absolute Gasteiger partial charge is 0.230 e. The number of carbonyl (C=O) groups is 2. The van der Waals surface area contributed by atoms with E-state index in [4.69, 9.17) is 11.6 Å². The average Bonchev–Trinajstić information content (AvgIpc) is 2.88. The molecule has 0 saturated carbocycles. The Bertz CT molecular complexity index is 1090. The van der Waals surface area contributed by atoms with Gasteiger partial charge in [-0.2, -0.15) is 0 Å². The lowest BCUT2D eigenvalue weighted by atomic mass is 9.72. The predicted octanol–water partition coefficient (Wildman–Crippen LogP) is 5.19. The van der Waals surface area contributed by atoms with E-state index in [1.54, 1.807) is 0 Å². The number of nitrogens with zero attached hydrogens (tertiary/aromatic N) is 1. The molecule has 1 aliphatic rings. The maximum absolute atomic E-state index is 13.5. The molecule has 0 radical (unpaired) electrons. The second kappa shape index (κ2) is 11.3. The second-order valence-electron chi connectivity index (χ2n) is 8.95. The van der Waals surface area contributed by atoms with E-state index in [9.17, 15) is 9.59 Å². The third-order valence-corrected chi connectivity index (χ3v) is 7.02. The number of aryl methyl sites for hydroxylation is 1. The fourth-order valence-corrected chi connectivity index (χ4v) is 4.99. The van der Waals surface area contributed by atoms with Gasteiger partial charge >= 0.3 is 0 Å². The number of rotatable bonds is 8. The molecule has 1 N–H and O–H groups in total. The van der Waals surface area contributed by atoms with Crippen LogP contribution in [-0.2, 0) is 27.8 Å². The number of amides is 2. The van der Waals surface area contributed by atoms with E-state index in [-0.39, 0.29) is 11.8 Å². The molecule has 1 saturated heterocycles. The van der Waals surface area contributed by atoms with Gasteiger partial charge in [0, 0.05) is 31.1 Å². The Morgan fingerprint density at radius 1 is 0.824 bits per heavy atom. The van der Waals surface area contributed by atoms with Crippen molar-refractivity contribution in [3.63, 3.8) is 0 Å². The first kappa shape index (κ1) is 24.0. The SMILES string of the molecule is O=C(CCc1ccccc1)N1CCC(C(=O)NCCc2cccc(Cl)c2)(c2ccccc2)CC1. The van der Waals surface area contributed by atoms with Gasteiger partial charge in [0.25, 0.3) is 0 Å². The first-order valence-electron chi connectivity index (χ1n) is 12.0. The molecular weight excluding hydrogens is 444 g/mol. The van der Waals surface area contributed by atoms with Crippen LogP contribution >= 0.6 is 11.6 Å². The van der Waals surface area contributed by atoms with Gasteiger partial charge in [-0.3, -0.25) is 9.59 Å². The molecule has 0 spiro atoms. The van der Waals surface area contributed by atoms with Crippen LogP contribution in [-0.4, -0.2) is 36.3 Å². The molecule has 4 rings (SSSR count). The van der Waals surface area contributed by atoms with Gasteiger partial charge in [-0.15, -0.1) is 0 Å². The van der Waals surface area contributed by atoms with Crippen LogP contribution in [0.5, 0.6) is 0 Å². The molecule has 176 valence electrons. The van der Waals surface area contributed by atoms with E-state index in [1.807, 2.05) is 77.7 Å². The summed E-state index contributed by atoms with van der Waals surface area (Å²) in [5.74, 6) is 0.198. The molecule has 1 aliphatic heterocycles. The largest absolute Gasteiger partial charge is 0.355 e. The molecule has 0 unspecified atom stereocenters. The summed E-state index contributed by atoms with van der Waals surface area (Å²) < 4.78 is 0. The van der Waals surface area contributed by atoms with Crippen LogP contribution in [0.4, 0.5) is 0 Å². The Morgan fingerprint density at radius 3 is 2.15 bits per heavy atom. The van der Waals surface area contributed by atoms with Crippen molar-refractivity contribution < 1.29 is 9.59 Å². The molecule has 5 heteroatoms. The standard InChI is InChI=1S/C29H31ClN2O2/c30-26-13-7-10-24(22-26)16-19-31-28(34)29(25-11-5-2-6-12-25)17-20-32(21-18-29)27(33)15-14-23-8-3-1-4-9-23/h1-13,22H,14-21H2,(H,31,34). The van der Waals surface area contributed by atoms with E-state index < -0.39 is 5.41 Å². The number of halogens is 1. The first-order chi connectivity index (χ1) is 16.6. The summed E-state index contributed by atoms with van der Waals surface area (Å²) >= 11 is 6.09. The van der Waals surface area contributed by atoms with Crippen molar-refractivity contribution in [3.8, 4) is 0 Å². The van der Waals surface area contributed by atoms with Gasteiger partial charge in [-0.05, 0) is 54.5 Å². The minimum Gasteiger partial charge on any atom is -0.355 e. The van der Waals surface area contributed by atoms with Crippen molar-refractivity contribution in [2.45, 2.75) is 37.5 Å². The van der Waals surface area contributed by atoms with Crippen molar-refractivity contribution in [1.82, 2.24) is 10.2 Å². The fraction of sp³-hybridized carbons (Fsp3) is 0.310. The Hall–Kier alpha value is -3.11. The topological polar surface area (TPSA) is 49.4 Å². The summed E-state index contributed by atoms with van der Waals surface area (Å²) in [5.41, 5.74) is 2.67. The second-order valence-corrected chi connectivity index (χ2v) is 9.39. The molecule has 34 heavy (non-hydrogen) atoms. The third kappa shape index (κ3) is 5.87. The molecule has 0 bridgehead atoms. The highest BCUT2D eigenvalue weighted by molar-refractivity contribution is 6.30. The molecular formula is C29H31ClN2O2. The molecule has 0 aromatic heterocycles. The minimum atomic E-state index is -0.619. The Morgan fingerprint density at radius 2 is 1.47 bits per heavy atom. The van der Waals surface area contributed by atoms with Crippen molar-refractivity contribution in [1.29, 1.82) is 0 Å². The summed E-state index contributed by atoms with van der Waals surface area (Å²) in [6.07, 6.45) is 3.20. The van der Waals surface area contributed by atoms with Crippen LogP contribution in [0.25, 0.3) is 0 Å². The van der Waals surface area contributed by atoms with Crippen LogP contribution < -0.4 is 5.32 Å². The first-order valence-corrected chi connectivity index (χ1v) is 12.3. The number of benzene rings is 3. The number of hydrogen-bond donors (Lipinski definition) is 1. The van der Waals surface area contributed by atoms with Crippen molar-refractivity contribution >= 4 is 23.4 Å². The number of hydrogen-bond acceptors (Lipinski definition) is 2. The Balaban J connectivity index is 1.38. The van der Waals surface area contributed by atoms with Gasteiger partial charge in [-0.25, -0.2) is 0 Å². The number of carbonyl (C=O) groups excluding carboxylic acids is 2. The van der Waals surface area contributed by atoms with E-state index in [1.165, 1.54) is 5.56 Å². The highest BCUT2D eigenvalue weighted by Crippen LogP contribution is 2.36. The van der Waals surface area contributed by atoms with E-state index in [0.29, 0.717) is 43.9 Å². The molecule has 2 amide bonds. The van der Waals surface area contributed by atoms with Crippen LogP contribution in [0.2, 0.25) is 5.02 Å². The number of piperidine rings is 1. The highest BCUT2D eigenvalue weighted by Gasteiger charge is 2.43. The van der Waals surface area contributed by atoms with E-state index in [2.05, 4.69) is 17.4 Å². The maximum Gasteiger partial charge on any atom is 0.230 e. The van der Waals surface area contributed by atoms with Gasteiger partial charge in [0.15, 0.2) is 0 Å². The fourth-order valence-electron chi connectivity index (χ4n) is 4.78. The molecule has 1 fully saturated rings. The van der Waals surface area contributed by atoms with Crippen molar-refractivity contribution in [2.75, 3.05) is 19.6 Å². The normalized spacial score (nSPS) is 15.0.